The quantitative estimate of drug-likeness (QED) is 0.840. The molecule has 2 heterocycles. The van der Waals surface area contributed by atoms with E-state index in [9.17, 15) is 4.79 Å². The zero-order valence-electron chi connectivity index (χ0n) is 10.9. The van der Waals surface area contributed by atoms with E-state index in [1.807, 2.05) is 47.9 Å². The Morgan fingerprint density at radius 2 is 2.05 bits per heavy atom. The number of carbonyl (C=O) groups is 1. The normalized spacial score (nSPS) is 15.7. The van der Waals surface area contributed by atoms with E-state index in [4.69, 9.17) is 0 Å². The second-order valence-corrected chi connectivity index (χ2v) is 5.92. The first-order chi connectivity index (χ1) is 9.25. The first kappa shape index (κ1) is 12.4. The predicted octanol–water partition coefficient (Wildman–Crippen LogP) is 3.06. The Morgan fingerprint density at radius 1 is 1.32 bits per heavy atom. The second-order valence-electron chi connectivity index (χ2n) is 4.70. The predicted molar refractivity (Wildman–Crippen MR) is 81.0 cm³/mol. The van der Waals surface area contributed by atoms with Gasteiger partial charge in [0.1, 0.15) is 0 Å². The number of amides is 2. The molecule has 1 aromatic heterocycles. The van der Waals surface area contributed by atoms with Gasteiger partial charge in [0.25, 0.3) is 0 Å². The van der Waals surface area contributed by atoms with Crippen molar-refractivity contribution in [2.45, 2.75) is 6.92 Å². The third-order valence-electron chi connectivity index (χ3n) is 3.42. The van der Waals surface area contributed by atoms with Gasteiger partial charge in [0, 0.05) is 41.2 Å². The monoisotopic (exact) mass is 275 g/mol. The molecule has 1 aromatic carbocycles. The Labute approximate surface area is 116 Å². The van der Waals surface area contributed by atoms with Gasteiger partial charge < -0.3 is 15.2 Å². The molecular formula is C14H17N3OS. The fourth-order valence-corrected chi connectivity index (χ4v) is 3.29. The average molecular weight is 275 g/mol. The van der Waals surface area contributed by atoms with Gasteiger partial charge in [-0.3, -0.25) is 0 Å². The Bertz CT molecular complexity index is 602. The molecule has 0 bridgehead atoms. The standard InChI is InChI=1S/C14H17N3OS/c1-10-13(11-4-2-3-5-12(11)15-10)16-14(18)17-6-8-19-9-7-17/h2-5,15H,6-9H2,1H3,(H,16,18). The first-order valence-corrected chi connectivity index (χ1v) is 7.62. The number of aromatic amines is 1. The van der Waals surface area contributed by atoms with E-state index in [1.165, 1.54) is 0 Å². The fourth-order valence-electron chi connectivity index (χ4n) is 2.39. The molecule has 5 heteroatoms. The lowest BCUT2D eigenvalue weighted by Crippen LogP contribution is -2.40. The van der Waals surface area contributed by atoms with Crippen LogP contribution in [0.1, 0.15) is 5.69 Å². The molecule has 0 aliphatic carbocycles. The number of carbonyl (C=O) groups excluding carboxylic acids is 1. The minimum Gasteiger partial charge on any atom is -0.357 e. The topological polar surface area (TPSA) is 48.1 Å². The fraction of sp³-hybridized carbons (Fsp3) is 0.357. The summed E-state index contributed by atoms with van der Waals surface area (Å²) in [5.41, 5.74) is 2.96. The summed E-state index contributed by atoms with van der Waals surface area (Å²) in [6.07, 6.45) is 0. The zero-order valence-corrected chi connectivity index (χ0v) is 11.7. The maximum atomic E-state index is 12.3. The number of H-pyrrole nitrogens is 1. The van der Waals surface area contributed by atoms with Gasteiger partial charge in [-0.15, -0.1) is 0 Å². The molecule has 0 saturated carbocycles. The van der Waals surface area contributed by atoms with Crippen molar-refractivity contribution in [3.8, 4) is 0 Å². The molecule has 1 aliphatic heterocycles. The van der Waals surface area contributed by atoms with E-state index in [1.54, 1.807) is 0 Å². The van der Waals surface area contributed by atoms with Gasteiger partial charge in [-0.05, 0) is 13.0 Å². The van der Waals surface area contributed by atoms with E-state index in [0.717, 1.165) is 46.9 Å². The van der Waals surface area contributed by atoms with Gasteiger partial charge in [0.05, 0.1) is 5.69 Å². The summed E-state index contributed by atoms with van der Waals surface area (Å²) in [5, 5.41) is 4.12. The number of aryl methyl sites for hydroxylation is 1. The van der Waals surface area contributed by atoms with Crippen LogP contribution in [0, 0.1) is 6.92 Å². The highest BCUT2D eigenvalue weighted by Gasteiger charge is 2.18. The SMILES string of the molecule is Cc1[nH]c2ccccc2c1NC(=O)N1CCSCC1. The molecule has 1 saturated heterocycles. The van der Waals surface area contributed by atoms with Gasteiger partial charge in [0.15, 0.2) is 0 Å². The number of nitrogens with one attached hydrogen (secondary N) is 2. The molecule has 3 rings (SSSR count). The average Bonchev–Trinajstić information content (AvgIpc) is 2.76. The van der Waals surface area contributed by atoms with Gasteiger partial charge in [-0.2, -0.15) is 11.8 Å². The molecule has 0 radical (unpaired) electrons. The lowest BCUT2D eigenvalue weighted by atomic mass is 10.2. The van der Waals surface area contributed by atoms with Crippen molar-refractivity contribution in [3.05, 3.63) is 30.0 Å². The Morgan fingerprint density at radius 3 is 2.84 bits per heavy atom. The Hall–Kier alpha value is -1.62. The number of para-hydroxylation sites is 1. The number of aromatic nitrogens is 1. The third kappa shape index (κ3) is 2.42. The number of rotatable bonds is 1. The summed E-state index contributed by atoms with van der Waals surface area (Å²) in [7, 11) is 0. The molecule has 0 unspecified atom stereocenters. The maximum Gasteiger partial charge on any atom is 0.321 e. The molecule has 0 spiro atoms. The van der Waals surface area contributed by atoms with E-state index in [2.05, 4.69) is 10.3 Å². The minimum atomic E-state index is 0.00755. The number of nitrogens with zero attached hydrogens (tertiary/aromatic N) is 1. The van der Waals surface area contributed by atoms with E-state index >= 15 is 0 Å². The lowest BCUT2D eigenvalue weighted by molar-refractivity contribution is 0.217. The van der Waals surface area contributed by atoms with Crippen LogP contribution in [0.25, 0.3) is 10.9 Å². The summed E-state index contributed by atoms with van der Waals surface area (Å²) in [5.74, 6) is 2.06. The molecule has 0 atom stereocenters. The number of hydrogen-bond donors (Lipinski definition) is 2. The molecule has 1 fully saturated rings. The molecule has 100 valence electrons. The van der Waals surface area contributed by atoms with Crippen LogP contribution < -0.4 is 5.32 Å². The van der Waals surface area contributed by atoms with Crippen molar-refractivity contribution in [1.82, 2.24) is 9.88 Å². The highest BCUT2D eigenvalue weighted by atomic mass is 32.2. The summed E-state index contributed by atoms with van der Waals surface area (Å²) >= 11 is 1.90. The zero-order chi connectivity index (χ0) is 13.2. The second kappa shape index (κ2) is 5.17. The maximum absolute atomic E-state index is 12.3. The van der Waals surface area contributed by atoms with Crippen LogP contribution in [0.15, 0.2) is 24.3 Å². The van der Waals surface area contributed by atoms with E-state index in [-0.39, 0.29) is 6.03 Å². The van der Waals surface area contributed by atoms with Crippen molar-refractivity contribution in [3.63, 3.8) is 0 Å². The summed E-state index contributed by atoms with van der Waals surface area (Å²) in [6.45, 7) is 3.65. The van der Waals surface area contributed by atoms with Crippen molar-refractivity contribution in [2.24, 2.45) is 0 Å². The third-order valence-corrected chi connectivity index (χ3v) is 4.37. The lowest BCUT2D eigenvalue weighted by Gasteiger charge is -2.26. The van der Waals surface area contributed by atoms with Crippen molar-refractivity contribution >= 4 is 34.4 Å². The number of urea groups is 1. The van der Waals surface area contributed by atoms with Crippen molar-refractivity contribution in [1.29, 1.82) is 0 Å². The summed E-state index contributed by atoms with van der Waals surface area (Å²) in [4.78, 5) is 17.4. The summed E-state index contributed by atoms with van der Waals surface area (Å²) < 4.78 is 0. The first-order valence-electron chi connectivity index (χ1n) is 6.46. The van der Waals surface area contributed by atoms with Crippen LogP contribution in [0.5, 0.6) is 0 Å². The molecule has 1 aliphatic rings. The van der Waals surface area contributed by atoms with Crippen LogP contribution in [-0.4, -0.2) is 40.5 Å². The van der Waals surface area contributed by atoms with Crippen LogP contribution in [0.2, 0.25) is 0 Å². The molecule has 2 N–H and O–H groups in total. The van der Waals surface area contributed by atoms with Crippen LogP contribution in [0.4, 0.5) is 10.5 Å². The molecule has 19 heavy (non-hydrogen) atoms. The number of hydrogen-bond acceptors (Lipinski definition) is 2. The minimum absolute atomic E-state index is 0.00755. The van der Waals surface area contributed by atoms with Crippen LogP contribution in [0.3, 0.4) is 0 Å². The van der Waals surface area contributed by atoms with Crippen molar-refractivity contribution in [2.75, 3.05) is 29.9 Å². The van der Waals surface area contributed by atoms with Crippen LogP contribution >= 0.6 is 11.8 Å². The molecule has 2 aromatic rings. The smallest absolute Gasteiger partial charge is 0.321 e. The largest absolute Gasteiger partial charge is 0.357 e. The van der Waals surface area contributed by atoms with Crippen molar-refractivity contribution < 1.29 is 4.79 Å². The van der Waals surface area contributed by atoms with Gasteiger partial charge in [-0.25, -0.2) is 4.79 Å². The highest BCUT2D eigenvalue weighted by Crippen LogP contribution is 2.27. The Balaban J connectivity index is 1.84. The highest BCUT2D eigenvalue weighted by molar-refractivity contribution is 7.99. The van der Waals surface area contributed by atoms with E-state index < -0.39 is 0 Å². The van der Waals surface area contributed by atoms with Crippen LogP contribution in [-0.2, 0) is 0 Å². The number of fused-ring (bicyclic) bond motifs is 1. The molecule has 2 amide bonds. The Kier molecular flexibility index (Phi) is 3.38. The van der Waals surface area contributed by atoms with E-state index in [0.29, 0.717) is 0 Å². The number of thioether (sulfide) groups is 1. The van der Waals surface area contributed by atoms with Gasteiger partial charge >= 0.3 is 6.03 Å². The molecular weight excluding hydrogens is 258 g/mol. The number of benzene rings is 1. The van der Waals surface area contributed by atoms with Gasteiger partial charge in [0.2, 0.25) is 0 Å². The van der Waals surface area contributed by atoms with Gasteiger partial charge in [-0.1, -0.05) is 18.2 Å². The molecule has 4 nitrogen and oxygen atoms in total. The summed E-state index contributed by atoms with van der Waals surface area (Å²) in [6, 6.07) is 8.04. The number of anilines is 1.